The van der Waals surface area contributed by atoms with Crippen molar-refractivity contribution < 1.29 is 9.53 Å². The Morgan fingerprint density at radius 1 is 1.38 bits per heavy atom. The van der Waals surface area contributed by atoms with Crippen LogP contribution >= 0.6 is 11.3 Å². The van der Waals surface area contributed by atoms with Crippen LogP contribution in [0.1, 0.15) is 40.7 Å². The fraction of sp³-hybridized carbons (Fsp3) is 0.375. The van der Waals surface area contributed by atoms with Crippen molar-refractivity contribution >= 4 is 22.8 Å². The van der Waals surface area contributed by atoms with Crippen molar-refractivity contribution in [2.24, 2.45) is 0 Å². The Kier molecular flexibility index (Phi) is 4.96. The number of anilines is 1. The SMILES string of the molecule is COc1ccccc1CN(C)c1nc(C(C)C)c(C=O)s1. The molecule has 0 radical (unpaired) electrons. The zero-order chi connectivity index (χ0) is 15.4. The minimum Gasteiger partial charge on any atom is -0.496 e. The van der Waals surface area contributed by atoms with Crippen LogP contribution in [-0.4, -0.2) is 25.4 Å². The Labute approximate surface area is 129 Å². The molecule has 21 heavy (non-hydrogen) atoms. The monoisotopic (exact) mass is 304 g/mol. The van der Waals surface area contributed by atoms with E-state index in [-0.39, 0.29) is 5.92 Å². The van der Waals surface area contributed by atoms with Gasteiger partial charge in [0.1, 0.15) is 5.75 Å². The number of para-hydroxylation sites is 1. The van der Waals surface area contributed by atoms with Crippen molar-refractivity contribution in [1.29, 1.82) is 0 Å². The molecular formula is C16H20N2O2S. The molecule has 0 unspecified atom stereocenters. The molecule has 0 aliphatic carbocycles. The van der Waals surface area contributed by atoms with Crippen LogP contribution in [0.4, 0.5) is 5.13 Å². The summed E-state index contributed by atoms with van der Waals surface area (Å²) >= 11 is 1.43. The first-order chi connectivity index (χ1) is 10.1. The van der Waals surface area contributed by atoms with Crippen LogP contribution in [-0.2, 0) is 6.54 Å². The summed E-state index contributed by atoms with van der Waals surface area (Å²) in [7, 11) is 3.65. The highest BCUT2D eigenvalue weighted by Crippen LogP contribution is 2.30. The standard InChI is InChI=1S/C16H20N2O2S/c1-11(2)15-14(10-19)21-16(17-15)18(3)9-12-7-5-6-8-13(12)20-4/h5-8,10-11H,9H2,1-4H3. The highest BCUT2D eigenvalue weighted by molar-refractivity contribution is 7.17. The fourth-order valence-electron chi connectivity index (χ4n) is 2.15. The van der Waals surface area contributed by atoms with E-state index >= 15 is 0 Å². The van der Waals surface area contributed by atoms with E-state index in [2.05, 4.69) is 4.98 Å². The predicted molar refractivity (Wildman–Crippen MR) is 86.7 cm³/mol. The molecule has 0 spiro atoms. The first-order valence-electron chi connectivity index (χ1n) is 6.85. The van der Waals surface area contributed by atoms with Crippen LogP contribution < -0.4 is 9.64 Å². The molecule has 1 heterocycles. The molecule has 0 amide bonds. The Morgan fingerprint density at radius 3 is 2.67 bits per heavy atom. The molecule has 2 aromatic rings. The molecule has 0 aliphatic heterocycles. The lowest BCUT2D eigenvalue weighted by molar-refractivity contribution is 0.112. The van der Waals surface area contributed by atoms with Crippen LogP contribution in [0.25, 0.3) is 0 Å². The summed E-state index contributed by atoms with van der Waals surface area (Å²) in [6.45, 7) is 4.78. The van der Waals surface area contributed by atoms with Gasteiger partial charge in [0, 0.05) is 19.2 Å². The number of benzene rings is 1. The minimum atomic E-state index is 0.245. The number of aldehydes is 1. The lowest BCUT2D eigenvalue weighted by Crippen LogP contribution is -2.16. The van der Waals surface area contributed by atoms with Gasteiger partial charge in [-0.3, -0.25) is 4.79 Å². The summed E-state index contributed by atoms with van der Waals surface area (Å²) in [5, 5.41) is 0.853. The van der Waals surface area contributed by atoms with Crippen LogP contribution in [0.15, 0.2) is 24.3 Å². The smallest absolute Gasteiger partial charge is 0.186 e. The molecule has 4 nitrogen and oxygen atoms in total. The van der Waals surface area contributed by atoms with E-state index in [1.54, 1.807) is 7.11 Å². The molecular weight excluding hydrogens is 284 g/mol. The average molecular weight is 304 g/mol. The maximum absolute atomic E-state index is 11.2. The molecule has 5 heteroatoms. The van der Waals surface area contributed by atoms with Crippen molar-refractivity contribution in [2.45, 2.75) is 26.3 Å². The number of aromatic nitrogens is 1. The highest BCUT2D eigenvalue weighted by atomic mass is 32.1. The van der Waals surface area contributed by atoms with E-state index in [1.165, 1.54) is 11.3 Å². The van der Waals surface area contributed by atoms with E-state index in [9.17, 15) is 4.79 Å². The summed E-state index contributed by atoms with van der Waals surface area (Å²) in [5.74, 6) is 1.11. The van der Waals surface area contributed by atoms with Gasteiger partial charge >= 0.3 is 0 Å². The van der Waals surface area contributed by atoms with Gasteiger partial charge in [0.05, 0.1) is 17.7 Å². The van der Waals surface area contributed by atoms with E-state index in [0.29, 0.717) is 11.4 Å². The van der Waals surface area contributed by atoms with Gasteiger partial charge in [-0.1, -0.05) is 43.4 Å². The molecule has 0 aliphatic rings. The molecule has 112 valence electrons. The number of carbonyl (C=O) groups excluding carboxylic acids is 1. The lowest BCUT2D eigenvalue weighted by Gasteiger charge is -2.17. The fourth-order valence-corrected chi connectivity index (χ4v) is 3.14. The van der Waals surface area contributed by atoms with Gasteiger partial charge in [0.15, 0.2) is 11.4 Å². The molecule has 0 saturated heterocycles. The zero-order valence-electron chi connectivity index (χ0n) is 12.8. The van der Waals surface area contributed by atoms with Crippen molar-refractivity contribution in [2.75, 3.05) is 19.1 Å². The van der Waals surface area contributed by atoms with Crippen LogP contribution in [0.3, 0.4) is 0 Å². The molecule has 0 N–H and O–H groups in total. The summed E-state index contributed by atoms with van der Waals surface area (Å²) in [6.07, 6.45) is 0.896. The van der Waals surface area contributed by atoms with Crippen molar-refractivity contribution in [3.8, 4) is 5.75 Å². The van der Waals surface area contributed by atoms with Crippen molar-refractivity contribution in [1.82, 2.24) is 4.98 Å². The van der Waals surface area contributed by atoms with Crippen LogP contribution in [0, 0.1) is 0 Å². The van der Waals surface area contributed by atoms with Crippen LogP contribution in [0.5, 0.6) is 5.75 Å². The Balaban J connectivity index is 2.24. The Hall–Kier alpha value is -1.88. The maximum atomic E-state index is 11.2. The van der Waals surface area contributed by atoms with Gasteiger partial charge in [0.2, 0.25) is 0 Å². The predicted octanol–water partition coefficient (Wildman–Crippen LogP) is 3.72. The number of methoxy groups -OCH3 is 1. The number of ether oxygens (including phenoxy) is 1. The van der Waals surface area contributed by atoms with Gasteiger partial charge < -0.3 is 9.64 Å². The van der Waals surface area contributed by atoms with Crippen molar-refractivity contribution in [3.63, 3.8) is 0 Å². The Morgan fingerprint density at radius 2 is 2.10 bits per heavy atom. The number of hydrogen-bond donors (Lipinski definition) is 0. The molecule has 0 fully saturated rings. The number of carbonyl (C=O) groups is 1. The molecule has 1 aromatic carbocycles. The third kappa shape index (κ3) is 3.42. The van der Waals surface area contributed by atoms with E-state index in [4.69, 9.17) is 4.74 Å². The van der Waals surface area contributed by atoms with E-state index in [0.717, 1.165) is 28.4 Å². The molecule has 2 rings (SSSR count). The maximum Gasteiger partial charge on any atom is 0.186 e. The van der Waals surface area contributed by atoms with Gasteiger partial charge in [-0.05, 0) is 12.0 Å². The number of thiazole rings is 1. The molecule has 0 atom stereocenters. The summed E-state index contributed by atoms with van der Waals surface area (Å²) in [5.41, 5.74) is 1.97. The first-order valence-corrected chi connectivity index (χ1v) is 7.67. The lowest BCUT2D eigenvalue weighted by atomic mass is 10.1. The number of nitrogens with zero attached hydrogens (tertiary/aromatic N) is 2. The summed E-state index contributed by atoms with van der Waals surface area (Å²) in [6, 6.07) is 7.92. The number of hydrogen-bond acceptors (Lipinski definition) is 5. The van der Waals surface area contributed by atoms with Gasteiger partial charge in [-0.2, -0.15) is 0 Å². The second kappa shape index (κ2) is 6.72. The topological polar surface area (TPSA) is 42.4 Å². The number of rotatable bonds is 6. The third-order valence-corrected chi connectivity index (χ3v) is 4.36. The Bertz CT molecular complexity index is 622. The van der Waals surface area contributed by atoms with E-state index in [1.807, 2.05) is 50.1 Å². The van der Waals surface area contributed by atoms with Gasteiger partial charge in [-0.25, -0.2) is 4.98 Å². The van der Waals surface area contributed by atoms with Crippen LogP contribution in [0.2, 0.25) is 0 Å². The minimum absolute atomic E-state index is 0.245. The largest absolute Gasteiger partial charge is 0.496 e. The average Bonchev–Trinajstić information content (AvgIpc) is 2.92. The quantitative estimate of drug-likeness (QED) is 0.763. The highest BCUT2D eigenvalue weighted by Gasteiger charge is 2.17. The first kappa shape index (κ1) is 15.5. The molecule has 1 aromatic heterocycles. The molecule has 0 bridgehead atoms. The molecule has 0 saturated carbocycles. The van der Waals surface area contributed by atoms with Crippen molar-refractivity contribution in [3.05, 3.63) is 40.4 Å². The van der Waals surface area contributed by atoms with Gasteiger partial charge in [0.25, 0.3) is 0 Å². The third-order valence-electron chi connectivity index (χ3n) is 3.25. The summed E-state index contributed by atoms with van der Waals surface area (Å²) in [4.78, 5) is 18.5. The zero-order valence-corrected chi connectivity index (χ0v) is 13.6. The van der Waals surface area contributed by atoms with Gasteiger partial charge in [-0.15, -0.1) is 0 Å². The normalized spacial score (nSPS) is 10.7. The summed E-state index contributed by atoms with van der Waals surface area (Å²) < 4.78 is 5.37. The second-order valence-electron chi connectivity index (χ2n) is 5.19. The second-order valence-corrected chi connectivity index (χ2v) is 6.20. The van der Waals surface area contributed by atoms with E-state index < -0.39 is 0 Å².